The first kappa shape index (κ1) is 54.4. The molecule has 8 aromatic rings. The van der Waals surface area contributed by atoms with Gasteiger partial charge in [-0.25, -0.2) is 9.59 Å². The maximum Gasteiger partial charge on any atom is 1.00 e. The molecule has 0 bridgehead atoms. The van der Waals surface area contributed by atoms with Gasteiger partial charge in [-0.2, -0.15) is 0 Å². The second kappa shape index (κ2) is 22.7. The molecule has 358 valence electrons. The van der Waals surface area contributed by atoms with Crippen molar-refractivity contribution < 1.29 is 133 Å². The Morgan fingerprint density at radius 1 is 0.630 bits per heavy atom. The van der Waals surface area contributed by atoms with Crippen LogP contribution in [0.5, 0.6) is 11.5 Å². The summed E-state index contributed by atoms with van der Waals surface area (Å²) in [7, 11) is 0. The molecule has 6 aromatic heterocycles. The number of carboxylic acids is 2. The van der Waals surface area contributed by atoms with E-state index in [2.05, 4.69) is 30.6 Å². The van der Waals surface area contributed by atoms with E-state index in [0.29, 0.717) is 22.5 Å². The van der Waals surface area contributed by atoms with Crippen LogP contribution in [0.1, 0.15) is 111 Å². The number of esters is 2. The van der Waals surface area contributed by atoms with Crippen LogP contribution in [0, 0.1) is 13.8 Å². The first-order chi connectivity index (χ1) is 33.7. The molecule has 0 spiro atoms. The van der Waals surface area contributed by atoms with Crippen LogP contribution in [0.2, 0.25) is 0 Å². The zero-order valence-corrected chi connectivity index (χ0v) is 42.8. The van der Waals surface area contributed by atoms with E-state index in [-0.39, 0.29) is 171 Å². The van der Waals surface area contributed by atoms with Crippen LogP contribution in [0.4, 0.5) is 0 Å². The monoisotopic (exact) mass is 1010 g/mol. The van der Waals surface area contributed by atoms with Gasteiger partial charge in [0, 0.05) is 42.5 Å². The minimum absolute atomic E-state index is 0. The van der Waals surface area contributed by atoms with Crippen molar-refractivity contribution in [1.82, 2.24) is 40.0 Å². The number of carbonyl (C=O) groups is 8. The fraction of sp³-hybridized carbons (Fsp3) is 0.125. The molecule has 73 heavy (non-hydrogen) atoms. The van der Waals surface area contributed by atoms with Gasteiger partial charge in [-0.3, -0.25) is 43.3 Å². The van der Waals surface area contributed by atoms with E-state index >= 15 is 0 Å². The second-order valence-electron chi connectivity index (χ2n) is 15.4. The molecule has 0 aliphatic heterocycles. The molecule has 0 unspecified atom stereocenters. The number of furan rings is 2. The fourth-order valence-corrected chi connectivity index (χ4v) is 7.60. The van der Waals surface area contributed by atoms with Gasteiger partial charge >= 0.3 is 77.0 Å². The van der Waals surface area contributed by atoms with Crippen LogP contribution in [0.15, 0.2) is 106 Å². The van der Waals surface area contributed by atoms with Gasteiger partial charge in [0.2, 0.25) is 23.1 Å². The number of aryl methyl sites for hydroxylation is 4. The van der Waals surface area contributed by atoms with E-state index < -0.39 is 47.0 Å². The molecule has 10 rings (SSSR count). The molecule has 2 N–H and O–H groups in total. The Kier molecular flexibility index (Phi) is 16.9. The summed E-state index contributed by atoms with van der Waals surface area (Å²) < 4.78 is 24.8. The van der Waals surface area contributed by atoms with Gasteiger partial charge in [0.15, 0.2) is 11.5 Å². The molecule has 2 aliphatic carbocycles. The van der Waals surface area contributed by atoms with Gasteiger partial charge < -0.3 is 40.2 Å². The Morgan fingerprint density at radius 2 is 1.05 bits per heavy atom. The number of aliphatic carboxylic acids is 2. The molecule has 2 aromatic carbocycles. The molecule has 0 saturated heterocycles. The van der Waals surface area contributed by atoms with Gasteiger partial charge in [-0.1, -0.05) is 34.7 Å². The number of ketones is 4. The Balaban J connectivity index is 0.000000260. The predicted molar refractivity (Wildman–Crippen MR) is 235 cm³/mol. The van der Waals surface area contributed by atoms with Crippen molar-refractivity contribution in [1.29, 1.82) is 0 Å². The number of fused-ring (bicyclic) bond motifs is 4. The molecule has 0 atom stereocenters. The molecule has 2 aliphatic rings. The van der Waals surface area contributed by atoms with Crippen LogP contribution in [-0.2, 0) is 22.7 Å². The predicted octanol–water partition coefficient (Wildman–Crippen LogP) is -1.97. The van der Waals surface area contributed by atoms with Crippen molar-refractivity contribution in [2.24, 2.45) is 0 Å². The first-order valence-electron chi connectivity index (χ1n) is 20.9. The number of hydrogen-bond acceptors (Lipinski definition) is 20. The van der Waals surface area contributed by atoms with Gasteiger partial charge in [-0.15, -0.1) is 10.2 Å². The maximum absolute atomic E-state index is 13.1. The van der Waals surface area contributed by atoms with Crippen molar-refractivity contribution in [3.05, 3.63) is 165 Å². The van der Waals surface area contributed by atoms with Crippen LogP contribution in [-0.4, -0.2) is 97.5 Å². The summed E-state index contributed by atoms with van der Waals surface area (Å²) in [5.74, 6) is -6.12. The Hall–Kier alpha value is -7.90. The molecule has 0 saturated carbocycles. The zero-order valence-electron chi connectivity index (χ0n) is 39.8. The normalized spacial score (nSPS) is 11.8. The fourth-order valence-electron chi connectivity index (χ4n) is 7.60. The quantitative estimate of drug-likeness (QED) is 0.0788. The van der Waals surface area contributed by atoms with E-state index in [0.717, 1.165) is 0 Å². The molecule has 23 nitrogen and oxygen atoms in total. The van der Waals surface area contributed by atoms with Gasteiger partial charge in [0.25, 0.3) is 0 Å². The molecule has 6 heterocycles. The number of nitrogens with zero attached hydrogens (tertiary/aromatic N) is 8. The number of carbonyl (C=O) groups excluding carboxylic acids is 7. The Morgan fingerprint density at radius 3 is 1.47 bits per heavy atom. The Bertz CT molecular complexity index is 3320. The van der Waals surface area contributed by atoms with Gasteiger partial charge in [0.1, 0.15) is 56.9 Å². The topological polar surface area (TPSA) is 342 Å². The standard InChI is InChI=1S/2C24H16N4O7.2Na.H2O.H/c2*1-12-18(19-22(32)20-15(6-3-8-25-20)21(31)23(19)34-12)24(33)35-14-5-2-4-13(10-14)16-11-28(27-26-16)9-7-17(29)30;;;;/h2*2-6,8,10-11H,7,9H2,1H3,(H,29,30);;;1H2;/q;;2*+1;;-1/p-2. The van der Waals surface area contributed by atoms with E-state index in [1.54, 1.807) is 48.8 Å². The third-order valence-corrected chi connectivity index (χ3v) is 10.8. The number of benzene rings is 2. The first-order valence-corrected chi connectivity index (χ1v) is 20.9. The van der Waals surface area contributed by atoms with Crippen molar-refractivity contribution in [2.75, 3.05) is 0 Å². The third-order valence-electron chi connectivity index (χ3n) is 10.8. The minimum Gasteiger partial charge on any atom is -1.00 e. The summed E-state index contributed by atoms with van der Waals surface area (Å²) in [4.78, 5) is 107. The van der Waals surface area contributed by atoms with Crippen molar-refractivity contribution in [3.63, 3.8) is 0 Å². The summed E-state index contributed by atoms with van der Waals surface area (Å²) >= 11 is 0. The summed E-state index contributed by atoms with van der Waals surface area (Å²) in [5.41, 5.74) is 1.52. The van der Waals surface area contributed by atoms with E-state index in [9.17, 15) is 43.5 Å². The van der Waals surface area contributed by atoms with E-state index in [1.165, 1.54) is 72.0 Å². The SMILES string of the molecule is Cc1oc2c(c1C(=O)Oc1cccc(-c3cn(CCC(=O)O)nn3)c1)C(=O)c1ncccc1C2=O.Cc1oc2c(c1C(=O)Oc1cccc(-c3cn(CCC(=O)[O-])nn3)c1)C(=O)c1ncccc1C2=O.[H-].[Na+].[Na+].[OH-]. The van der Waals surface area contributed by atoms with Crippen molar-refractivity contribution in [2.45, 2.75) is 39.8 Å². The van der Waals surface area contributed by atoms with Crippen molar-refractivity contribution in [3.8, 4) is 34.0 Å². The average molecular weight is 1010 g/mol. The molecule has 0 fully saturated rings. The number of rotatable bonds is 12. The number of carboxylic acid groups (broad SMARTS) is 2. The maximum atomic E-state index is 13.1. The van der Waals surface area contributed by atoms with Crippen LogP contribution in [0.25, 0.3) is 22.5 Å². The summed E-state index contributed by atoms with van der Waals surface area (Å²) in [6.07, 6.45) is 5.60. The smallest absolute Gasteiger partial charge is 1.00 e. The van der Waals surface area contributed by atoms with Crippen LogP contribution in [0.3, 0.4) is 0 Å². The zero-order chi connectivity index (χ0) is 49.4. The summed E-state index contributed by atoms with van der Waals surface area (Å²) in [6, 6.07) is 18.9. The molecular formula is C48H33N8Na2O15-. The summed E-state index contributed by atoms with van der Waals surface area (Å²) in [5, 5.41) is 35.2. The van der Waals surface area contributed by atoms with Gasteiger partial charge in [0.05, 0.1) is 47.6 Å². The van der Waals surface area contributed by atoms with Crippen molar-refractivity contribution >= 4 is 47.0 Å². The largest absolute Gasteiger partial charge is 1.00 e. The summed E-state index contributed by atoms with van der Waals surface area (Å²) in [6.45, 7) is 3.20. The minimum atomic E-state index is -1.20. The molecular weight excluding hydrogens is 975 g/mol. The number of pyridine rings is 2. The second-order valence-corrected chi connectivity index (χ2v) is 15.4. The van der Waals surface area contributed by atoms with Crippen LogP contribution < -0.4 is 73.7 Å². The number of aromatic nitrogens is 8. The Labute approximate surface area is 455 Å². The molecule has 25 heteroatoms. The third kappa shape index (κ3) is 11.0. The number of hydrogen-bond donors (Lipinski definition) is 1. The number of ether oxygens (including phenoxy) is 2. The van der Waals surface area contributed by atoms with Gasteiger partial charge in [-0.05, 0) is 62.4 Å². The van der Waals surface area contributed by atoms with E-state index in [4.69, 9.17) is 23.4 Å². The molecule has 0 radical (unpaired) electrons. The average Bonchev–Trinajstić information content (AvgIpc) is 4.17. The molecule has 0 amide bonds. The van der Waals surface area contributed by atoms with Crippen LogP contribution >= 0.6 is 0 Å². The van der Waals surface area contributed by atoms with E-state index in [1.807, 2.05) is 0 Å².